The van der Waals surface area contributed by atoms with Crippen LogP contribution < -0.4 is 16.2 Å². The molecule has 2 rings (SSSR count). The van der Waals surface area contributed by atoms with Gasteiger partial charge in [0.2, 0.25) is 6.41 Å². The molecule has 4 heteroatoms. The van der Waals surface area contributed by atoms with Gasteiger partial charge in [0.05, 0.1) is 0 Å². The summed E-state index contributed by atoms with van der Waals surface area (Å²) < 4.78 is 5.69. The number of ether oxygens (including phenoxy) is 1. The van der Waals surface area contributed by atoms with Crippen LogP contribution in [-0.4, -0.2) is 6.41 Å². The molecule has 1 aliphatic rings. The summed E-state index contributed by atoms with van der Waals surface area (Å²) in [5.74, 6) is 1.80. The van der Waals surface area contributed by atoms with Crippen LogP contribution >= 0.6 is 0 Å². The number of carbonyl (C=O) groups is 1. The Labute approximate surface area is 107 Å². The molecule has 0 radical (unpaired) electrons. The average molecular weight is 246 g/mol. The number of benzene rings is 1. The van der Waals surface area contributed by atoms with Gasteiger partial charge in [-0.25, -0.2) is 0 Å². The largest absolute Gasteiger partial charge is 0.458 e. The lowest BCUT2D eigenvalue weighted by Gasteiger charge is -2.09. The van der Waals surface area contributed by atoms with E-state index in [9.17, 15) is 0 Å². The van der Waals surface area contributed by atoms with Crippen molar-refractivity contribution in [3.05, 3.63) is 53.8 Å². The molecule has 0 atom stereocenters. The number of allylic oxidation sites excluding steroid dienone is 3. The van der Waals surface area contributed by atoms with Crippen LogP contribution in [0.15, 0.2) is 48.3 Å². The van der Waals surface area contributed by atoms with Crippen molar-refractivity contribution >= 4 is 6.41 Å². The maximum Gasteiger partial charge on any atom is 0.204 e. The van der Waals surface area contributed by atoms with E-state index >= 15 is 0 Å². The third kappa shape index (κ3) is 4.84. The Kier molecular flexibility index (Phi) is 6.28. The van der Waals surface area contributed by atoms with Gasteiger partial charge in [-0.2, -0.15) is 0 Å². The number of rotatable bonds is 3. The zero-order valence-electron chi connectivity index (χ0n) is 10.2. The highest BCUT2D eigenvalue weighted by molar-refractivity contribution is 5.42. The minimum Gasteiger partial charge on any atom is -0.458 e. The number of hydrogen-bond donors (Lipinski definition) is 2. The SMILES string of the molecule is NC=O.NCc1ccc(OC2=CCCC=C2)cc1. The molecule has 1 aliphatic carbocycles. The smallest absolute Gasteiger partial charge is 0.204 e. The first-order valence-electron chi connectivity index (χ1n) is 5.79. The Balaban J connectivity index is 0.000000492. The second kappa shape index (κ2) is 8.08. The number of primary amides is 1. The van der Waals surface area contributed by atoms with E-state index in [1.54, 1.807) is 0 Å². The highest BCUT2D eigenvalue weighted by atomic mass is 16.5. The summed E-state index contributed by atoms with van der Waals surface area (Å²) in [6.45, 7) is 0.572. The molecule has 0 saturated heterocycles. The van der Waals surface area contributed by atoms with E-state index in [2.05, 4.69) is 17.9 Å². The zero-order valence-corrected chi connectivity index (χ0v) is 10.2. The topological polar surface area (TPSA) is 78.3 Å². The Bertz CT molecular complexity index is 422. The van der Waals surface area contributed by atoms with Gasteiger partial charge in [-0.3, -0.25) is 4.79 Å². The standard InChI is InChI=1S/C13H15NO.CH3NO/c14-10-11-6-8-13(9-7-11)15-12-4-2-1-3-5-12;2-1-3/h2,4-9H,1,3,10,14H2;1H,(H2,2,3). The molecule has 0 bridgehead atoms. The Morgan fingerprint density at radius 3 is 2.39 bits per heavy atom. The molecular weight excluding hydrogens is 228 g/mol. The molecule has 4 nitrogen and oxygen atoms in total. The summed E-state index contributed by atoms with van der Waals surface area (Å²) in [6.07, 6.45) is 8.67. The molecule has 1 aromatic rings. The van der Waals surface area contributed by atoms with E-state index in [0.29, 0.717) is 6.54 Å². The van der Waals surface area contributed by atoms with Crippen LogP contribution in [0.5, 0.6) is 5.75 Å². The normalized spacial score (nSPS) is 13.1. The van der Waals surface area contributed by atoms with E-state index in [1.165, 1.54) is 0 Å². The fourth-order valence-corrected chi connectivity index (χ4v) is 1.49. The van der Waals surface area contributed by atoms with Crippen LogP contribution in [0.25, 0.3) is 0 Å². The molecule has 4 N–H and O–H groups in total. The lowest BCUT2D eigenvalue weighted by Crippen LogP contribution is -1.97. The molecule has 0 saturated carbocycles. The van der Waals surface area contributed by atoms with Crippen molar-refractivity contribution in [3.63, 3.8) is 0 Å². The van der Waals surface area contributed by atoms with Gasteiger partial charge in [0.25, 0.3) is 0 Å². The molecule has 96 valence electrons. The number of carbonyl (C=O) groups excluding carboxylic acids is 1. The maximum atomic E-state index is 8.58. The summed E-state index contributed by atoms with van der Waals surface area (Å²) in [5.41, 5.74) is 10.8. The molecular formula is C14H18N2O2. The van der Waals surface area contributed by atoms with Gasteiger partial charge in [-0.15, -0.1) is 0 Å². The number of amides is 1. The molecule has 0 unspecified atom stereocenters. The fraction of sp³-hybridized carbons (Fsp3) is 0.214. The van der Waals surface area contributed by atoms with Crippen molar-refractivity contribution in [2.75, 3.05) is 0 Å². The van der Waals surface area contributed by atoms with E-state index in [-0.39, 0.29) is 6.41 Å². The first-order chi connectivity index (χ1) is 8.80. The van der Waals surface area contributed by atoms with Gasteiger partial charge >= 0.3 is 0 Å². The minimum absolute atomic E-state index is 0.250. The van der Waals surface area contributed by atoms with Gasteiger partial charge in [-0.1, -0.05) is 18.2 Å². The fourth-order valence-electron chi connectivity index (χ4n) is 1.49. The molecule has 0 spiro atoms. The summed E-state index contributed by atoms with van der Waals surface area (Å²) in [5, 5.41) is 0. The van der Waals surface area contributed by atoms with Gasteiger partial charge < -0.3 is 16.2 Å². The van der Waals surface area contributed by atoms with Crippen molar-refractivity contribution in [1.29, 1.82) is 0 Å². The lowest BCUT2D eigenvalue weighted by atomic mass is 10.2. The monoisotopic (exact) mass is 246 g/mol. The highest BCUT2D eigenvalue weighted by Crippen LogP contribution is 2.18. The van der Waals surface area contributed by atoms with Gasteiger partial charge in [0.1, 0.15) is 11.5 Å². The zero-order chi connectivity index (χ0) is 13.2. The Morgan fingerprint density at radius 1 is 1.22 bits per heavy atom. The molecule has 0 aromatic heterocycles. The van der Waals surface area contributed by atoms with E-state index in [0.717, 1.165) is 29.9 Å². The average Bonchev–Trinajstić information content (AvgIpc) is 2.42. The van der Waals surface area contributed by atoms with E-state index < -0.39 is 0 Å². The highest BCUT2D eigenvalue weighted by Gasteiger charge is 2.00. The molecule has 0 fully saturated rings. The number of nitrogens with two attached hydrogens (primary N) is 2. The molecule has 0 aliphatic heterocycles. The second-order valence-corrected chi connectivity index (χ2v) is 3.67. The van der Waals surface area contributed by atoms with Crippen molar-refractivity contribution < 1.29 is 9.53 Å². The third-order valence-corrected chi connectivity index (χ3v) is 2.36. The quantitative estimate of drug-likeness (QED) is 0.799. The Hall–Kier alpha value is -2.07. The van der Waals surface area contributed by atoms with Crippen LogP contribution in [0.4, 0.5) is 0 Å². The van der Waals surface area contributed by atoms with Crippen LogP contribution in [0, 0.1) is 0 Å². The van der Waals surface area contributed by atoms with Crippen LogP contribution in [0.1, 0.15) is 18.4 Å². The van der Waals surface area contributed by atoms with E-state index in [1.807, 2.05) is 30.3 Å². The molecule has 18 heavy (non-hydrogen) atoms. The third-order valence-electron chi connectivity index (χ3n) is 2.36. The summed E-state index contributed by atoms with van der Waals surface area (Å²) >= 11 is 0. The van der Waals surface area contributed by atoms with Crippen molar-refractivity contribution in [3.8, 4) is 5.75 Å². The maximum absolute atomic E-state index is 8.58. The van der Waals surface area contributed by atoms with Crippen molar-refractivity contribution in [2.45, 2.75) is 19.4 Å². The van der Waals surface area contributed by atoms with Crippen LogP contribution in [0.2, 0.25) is 0 Å². The minimum atomic E-state index is 0.250. The molecule has 0 heterocycles. The summed E-state index contributed by atoms with van der Waals surface area (Å²) in [7, 11) is 0. The summed E-state index contributed by atoms with van der Waals surface area (Å²) in [4.78, 5) is 8.58. The molecule has 1 amide bonds. The van der Waals surface area contributed by atoms with E-state index in [4.69, 9.17) is 15.3 Å². The Morgan fingerprint density at radius 2 is 1.89 bits per heavy atom. The number of hydrogen-bond acceptors (Lipinski definition) is 3. The first-order valence-corrected chi connectivity index (χ1v) is 5.79. The van der Waals surface area contributed by atoms with Crippen LogP contribution in [0.3, 0.4) is 0 Å². The van der Waals surface area contributed by atoms with Crippen molar-refractivity contribution in [2.24, 2.45) is 11.5 Å². The predicted octanol–water partition coefficient (Wildman–Crippen LogP) is 1.86. The van der Waals surface area contributed by atoms with Gasteiger partial charge in [0, 0.05) is 6.54 Å². The van der Waals surface area contributed by atoms with Crippen molar-refractivity contribution in [1.82, 2.24) is 0 Å². The van der Waals surface area contributed by atoms with Gasteiger partial charge in [-0.05, 0) is 42.7 Å². The van der Waals surface area contributed by atoms with Gasteiger partial charge in [0.15, 0.2) is 0 Å². The predicted molar refractivity (Wildman–Crippen MR) is 71.7 cm³/mol. The first kappa shape index (κ1) is 14.0. The summed E-state index contributed by atoms with van der Waals surface area (Å²) in [6, 6.07) is 7.88. The van der Waals surface area contributed by atoms with Crippen LogP contribution in [-0.2, 0) is 11.3 Å². The lowest BCUT2D eigenvalue weighted by molar-refractivity contribution is -0.106. The molecule has 1 aromatic carbocycles. The second-order valence-electron chi connectivity index (χ2n) is 3.67.